The van der Waals surface area contributed by atoms with Gasteiger partial charge in [-0.1, -0.05) is 5.16 Å². The smallest absolute Gasteiger partial charge is 0.313 e. The number of methoxy groups -OCH3 is 1. The van der Waals surface area contributed by atoms with Crippen molar-refractivity contribution in [2.75, 3.05) is 17.7 Å². The number of pyridine rings is 2. The summed E-state index contributed by atoms with van der Waals surface area (Å²) in [5.74, 6) is 3.43. The third-order valence-electron chi connectivity index (χ3n) is 8.30. The number of esters is 1. The van der Waals surface area contributed by atoms with Gasteiger partial charge in [-0.05, 0) is 119 Å². The van der Waals surface area contributed by atoms with E-state index in [1.807, 2.05) is 80.6 Å². The van der Waals surface area contributed by atoms with Gasteiger partial charge >= 0.3 is 5.97 Å². The van der Waals surface area contributed by atoms with Crippen LogP contribution in [-0.4, -0.2) is 48.1 Å². The predicted octanol–water partition coefficient (Wildman–Crippen LogP) is 8.91. The van der Waals surface area contributed by atoms with Crippen LogP contribution in [0.25, 0.3) is 45.1 Å². The number of carbonyl (C=O) groups is 1. The molecule has 0 aliphatic rings. The molecule has 2 aromatic carbocycles. The molecule has 0 atom stereocenters. The summed E-state index contributed by atoms with van der Waals surface area (Å²) >= 11 is 6.82. The lowest BCUT2D eigenvalue weighted by Gasteiger charge is -2.06. The number of nitrogens with one attached hydrogen (secondary N) is 4. The number of ether oxygens (including phenoxy) is 1. The van der Waals surface area contributed by atoms with Gasteiger partial charge in [-0.15, -0.1) is 0 Å². The van der Waals surface area contributed by atoms with Gasteiger partial charge in [-0.25, -0.2) is 19.9 Å². The minimum atomic E-state index is -0.322. The summed E-state index contributed by atoms with van der Waals surface area (Å²) in [4.78, 5) is 35.6. The first kappa shape index (κ1) is 35.6. The Bertz CT molecular complexity index is 2480. The van der Waals surface area contributed by atoms with Crippen molar-refractivity contribution < 1.29 is 18.5 Å². The van der Waals surface area contributed by atoms with Gasteiger partial charge in [0.15, 0.2) is 11.3 Å². The number of imidazole rings is 2. The van der Waals surface area contributed by atoms with Crippen LogP contribution >= 0.6 is 31.9 Å². The lowest BCUT2D eigenvalue weighted by atomic mass is 10.1. The number of hydrogen-bond donors (Lipinski definition) is 4. The van der Waals surface area contributed by atoms with Crippen LogP contribution in [-0.2, 0) is 29.0 Å². The average Bonchev–Trinajstić information content (AvgIpc) is 3.97. The highest BCUT2D eigenvalue weighted by Gasteiger charge is 2.11. The van der Waals surface area contributed by atoms with Gasteiger partial charge in [0, 0.05) is 55.9 Å². The second-order valence-corrected chi connectivity index (χ2v) is 13.8. The highest BCUT2D eigenvalue weighted by molar-refractivity contribution is 9.10. The number of halogens is 2. The predicted molar refractivity (Wildman–Crippen MR) is 209 cm³/mol. The molecule has 0 radical (unpaired) electrons. The van der Waals surface area contributed by atoms with Crippen LogP contribution in [0.2, 0.25) is 0 Å². The normalized spacial score (nSPS) is 11.0. The van der Waals surface area contributed by atoms with E-state index < -0.39 is 0 Å². The molecule has 8 rings (SSSR count). The molecule has 0 amide bonds. The van der Waals surface area contributed by atoms with Gasteiger partial charge < -0.3 is 34.3 Å². The van der Waals surface area contributed by atoms with Crippen molar-refractivity contribution in [1.29, 1.82) is 0 Å². The number of aromatic amines is 2. The van der Waals surface area contributed by atoms with E-state index in [0.29, 0.717) is 18.8 Å². The Morgan fingerprint density at radius 2 is 1.28 bits per heavy atom. The summed E-state index contributed by atoms with van der Waals surface area (Å²) in [6.07, 6.45) is 3.63. The molecular weight excluding hydrogens is 806 g/mol. The fraction of sp³-hybridized carbons (Fsp3) is 0.158. The molecule has 0 unspecified atom stereocenters. The number of fused-ring (bicyclic) bond motifs is 2. The van der Waals surface area contributed by atoms with E-state index in [0.717, 1.165) is 88.2 Å². The number of rotatable bonds is 10. The quantitative estimate of drug-likeness (QED) is 0.0969. The van der Waals surface area contributed by atoms with Crippen molar-refractivity contribution in [3.05, 3.63) is 123 Å². The van der Waals surface area contributed by atoms with Crippen LogP contribution in [0.4, 0.5) is 11.4 Å². The number of anilines is 2. The highest BCUT2D eigenvalue weighted by atomic mass is 79.9. The van der Waals surface area contributed by atoms with E-state index in [-0.39, 0.29) is 12.4 Å². The number of H-pyrrole nitrogens is 2. The highest BCUT2D eigenvalue weighted by Crippen LogP contribution is 2.25. The molecule has 6 heterocycles. The number of aromatic nitrogens is 7. The Kier molecular flexibility index (Phi) is 10.6. The SMILES string of the molecule is COC(=O)Cc1ccc(CNc2ccc(-c3nc4cc(Br)cnc4[nH]3)cc2)o1.Cc1noc(C)c1CNc1ccc(-c2nc3cc(Br)cnc3[nH]2)cc1. The standard InChI is InChI=1S/C20H17BrN4O3.C18H16BrN5O/c1-27-18(26)9-15-6-7-16(28-15)11-22-14-4-2-12(3-5-14)19-24-17-8-13(21)10-23-20(17)25-19;1-10-15(11(2)25-24-10)9-20-14-5-3-12(4-6-14)17-22-16-7-13(19)8-21-18(16)23-17/h2-8,10,22H,9,11H2,1H3,(H,23,24,25);3-8,20H,9H2,1-2H3,(H,21,22,23). The number of furan rings is 1. The second kappa shape index (κ2) is 15.8. The molecule has 0 saturated heterocycles. The maximum Gasteiger partial charge on any atom is 0.313 e. The minimum absolute atomic E-state index is 0.133. The van der Waals surface area contributed by atoms with Gasteiger partial charge in [-0.3, -0.25) is 4.79 Å². The molecule has 8 aromatic rings. The zero-order valence-electron chi connectivity index (χ0n) is 28.8. The minimum Gasteiger partial charge on any atom is -0.469 e. The van der Waals surface area contributed by atoms with Gasteiger partial charge in [0.2, 0.25) is 0 Å². The van der Waals surface area contributed by atoms with Crippen LogP contribution in [0.3, 0.4) is 0 Å². The van der Waals surface area contributed by atoms with Gasteiger partial charge in [0.05, 0.1) is 19.3 Å². The van der Waals surface area contributed by atoms with E-state index in [9.17, 15) is 4.79 Å². The Labute approximate surface area is 320 Å². The summed E-state index contributed by atoms with van der Waals surface area (Å²) in [5, 5.41) is 10.7. The van der Waals surface area contributed by atoms with Crippen LogP contribution < -0.4 is 10.6 Å². The molecule has 6 aromatic heterocycles. The summed E-state index contributed by atoms with van der Waals surface area (Å²) in [6, 6.07) is 23.6. The Morgan fingerprint density at radius 1 is 0.755 bits per heavy atom. The van der Waals surface area contributed by atoms with E-state index in [1.165, 1.54) is 7.11 Å². The molecule has 4 N–H and O–H groups in total. The maximum atomic E-state index is 11.3. The summed E-state index contributed by atoms with van der Waals surface area (Å²) < 4.78 is 17.3. The van der Waals surface area contributed by atoms with Crippen LogP contribution in [0.15, 0.2) is 103 Å². The van der Waals surface area contributed by atoms with Crippen molar-refractivity contribution in [1.82, 2.24) is 35.1 Å². The summed E-state index contributed by atoms with van der Waals surface area (Å²) in [7, 11) is 1.36. The number of benzene rings is 2. The number of nitrogens with zero attached hydrogens (tertiary/aromatic N) is 5. The fourth-order valence-corrected chi connectivity index (χ4v) is 6.11. The number of hydrogen-bond acceptors (Lipinski definition) is 11. The Hall–Kier alpha value is -5.80. The lowest BCUT2D eigenvalue weighted by Crippen LogP contribution is -2.03. The fourth-order valence-electron chi connectivity index (χ4n) is 5.47. The number of carbonyl (C=O) groups excluding carboxylic acids is 1. The Morgan fingerprint density at radius 3 is 1.79 bits per heavy atom. The van der Waals surface area contributed by atoms with E-state index in [4.69, 9.17) is 8.94 Å². The molecule has 0 spiro atoms. The second-order valence-electron chi connectivity index (χ2n) is 12.0. The first-order chi connectivity index (χ1) is 25.7. The van der Waals surface area contributed by atoms with Crippen molar-refractivity contribution in [2.45, 2.75) is 33.4 Å². The van der Waals surface area contributed by atoms with Crippen molar-refractivity contribution in [3.8, 4) is 22.8 Å². The monoisotopic (exact) mass is 837 g/mol. The molecule has 0 aliphatic carbocycles. The molecular formula is C38H33Br2N9O4. The third kappa shape index (κ3) is 8.64. The number of aryl methyl sites for hydroxylation is 2. The topological polar surface area (TPSA) is 173 Å². The van der Waals surface area contributed by atoms with Crippen molar-refractivity contribution in [2.24, 2.45) is 0 Å². The van der Waals surface area contributed by atoms with Gasteiger partial charge in [0.1, 0.15) is 46.4 Å². The third-order valence-corrected chi connectivity index (χ3v) is 9.17. The maximum absolute atomic E-state index is 11.3. The lowest BCUT2D eigenvalue weighted by molar-refractivity contribution is -0.140. The molecule has 13 nitrogen and oxygen atoms in total. The largest absolute Gasteiger partial charge is 0.469 e. The zero-order chi connectivity index (χ0) is 36.9. The first-order valence-electron chi connectivity index (χ1n) is 16.5. The Balaban J connectivity index is 0.000000165. The summed E-state index contributed by atoms with van der Waals surface area (Å²) in [5.41, 5.74) is 9.15. The molecule has 0 aliphatic heterocycles. The zero-order valence-corrected chi connectivity index (χ0v) is 32.0. The molecule has 15 heteroatoms. The van der Waals surface area contributed by atoms with Gasteiger partial charge in [-0.2, -0.15) is 0 Å². The van der Waals surface area contributed by atoms with Crippen molar-refractivity contribution in [3.63, 3.8) is 0 Å². The van der Waals surface area contributed by atoms with E-state index in [2.05, 4.69) is 82.3 Å². The van der Waals surface area contributed by atoms with Crippen molar-refractivity contribution >= 4 is 71.5 Å². The summed E-state index contributed by atoms with van der Waals surface area (Å²) in [6.45, 7) is 5.07. The van der Waals surface area contributed by atoms with E-state index in [1.54, 1.807) is 18.5 Å². The first-order valence-corrected chi connectivity index (χ1v) is 18.1. The van der Waals surface area contributed by atoms with Crippen LogP contribution in [0.5, 0.6) is 0 Å². The molecule has 0 fully saturated rings. The van der Waals surface area contributed by atoms with Crippen LogP contribution in [0.1, 0.15) is 28.5 Å². The van der Waals surface area contributed by atoms with E-state index >= 15 is 0 Å². The average molecular weight is 840 g/mol. The molecule has 53 heavy (non-hydrogen) atoms. The van der Waals surface area contributed by atoms with Gasteiger partial charge in [0.25, 0.3) is 0 Å². The molecule has 268 valence electrons. The van der Waals surface area contributed by atoms with Crippen LogP contribution in [0, 0.1) is 13.8 Å². The molecule has 0 bridgehead atoms. The molecule has 0 saturated carbocycles.